The van der Waals surface area contributed by atoms with Crippen molar-refractivity contribution >= 4 is 0 Å². The zero-order valence-corrected chi connectivity index (χ0v) is 10.2. The Morgan fingerprint density at radius 2 is 1.84 bits per heavy atom. The maximum absolute atomic E-state index is 9.90. The van der Waals surface area contributed by atoms with Crippen LogP contribution in [0.1, 0.15) is 11.5 Å². The highest BCUT2D eigenvalue weighted by Crippen LogP contribution is 2.40. The van der Waals surface area contributed by atoms with Crippen molar-refractivity contribution in [3.8, 4) is 0 Å². The van der Waals surface area contributed by atoms with Gasteiger partial charge >= 0.3 is 0 Å². The molecule has 1 aliphatic carbocycles. The Kier molecular flexibility index (Phi) is 2.56. The fraction of sp³-hybridized carbons (Fsp3) is 0.0667. The molecule has 0 bridgehead atoms. The molecular weight excluding hydrogens is 240 g/mol. The van der Waals surface area contributed by atoms with Gasteiger partial charge in [-0.05, 0) is 11.6 Å². The van der Waals surface area contributed by atoms with Crippen LogP contribution in [0.15, 0.2) is 77.2 Å². The van der Waals surface area contributed by atoms with Gasteiger partial charge in [-0.2, -0.15) is 0 Å². The second kappa shape index (κ2) is 4.24. The van der Waals surface area contributed by atoms with Crippen molar-refractivity contribution in [3.05, 3.63) is 82.8 Å². The van der Waals surface area contributed by atoms with Crippen molar-refractivity contribution in [2.45, 2.75) is 5.92 Å². The van der Waals surface area contributed by atoms with Crippen LogP contribution < -0.4 is 11.5 Å². The van der Waals surface area contributed by atoms with Gasteiger partial charge in [0.2, 0.25) is 0 Å². The summed E-state index contributed by atoms with van der Waals surface area (Å²) in [6, 6.07) is 9.91. The lowest BCUT2D eigenvalue weighted by Crippen LogP contribution is -2.21. The summed E-state index contributed by atoms with van der Waals surface area (Å²) in [7, 11) is 0. The molecule has 0 saturated carbocycles. The molecule has 0 radical (unpaired) electrons. The average molecular weight is 254 g/mol. The van der Waals surface area contributed by atoms with Gasteiger partial charge in [0.25, 0.3) is 0 Å². The molecule has 4 nitrogen and oxygen atoms in total. The summed E-state index contributed by atoms with van der Waals surface area (Å²) in [4.78, 5) is 0. The average Bonchev–Trinajstić information content (AvgIpc) is 2.41. The number of hydrogen-bond donors (Lipinski definition) is 3. The Labute approximate surface area is 111 Å². The molecule has 4 heteroatoms. The lowest BCUT2D eigenvalue weighted by molar-refractivity contribution is 0.266. The van der Waals surface area contributed by atoms with Crippen molar-refractivity contribution in [2.24, 2.45) is 11.5 Å². The molecule has 1 heterocycles. The molecule has 1 atom stereocenters. The molecule has 1 unspecified atom stereocenters. The highest BCUT2D eigenvalue weighted by atomic mass is 16.5. The molecule has 2 aliphatic rings. The summed E-state index contributed by atoms with van der Waals surface area (Å²) in [6.07, 6.45) is 5.08. The second-order valence-corrected chi connectivity index (χ2v) is 4.48. The number of aliphatic hydroxyl groups is 1. The summed E-state index contributed by atoms with van der Waals surface area (Å²) in [6.45, 7) is 0. The Morgan fingerprint density at radius 1 is 1.11 bits per heavy atom. The van der Waals surface area contributed by atoms with Crippen molar-refractivity contribution in [1.29, 1.82) is 0 Å². The SMILES string of the molecule is NC1=CC(N)=C2C(=C(O)C=CC2c2ccccc2)O1. The summed E-state index contributed by atoms with van der Waals surface area (Å²) in [5.41, 5.74) is 14.0. The number of benzene rings is 1. The number of ether oxygens (including phenoxy) is 1. The number of hydrogen-bond acceptors (Lipinski definition) is 4. The van der Waals surface area contributed by atoms with Gasteiger partial charge in [-0.3, -0.25) is 0 Å². The first-order valence-corrected chi connectivity index (χ1v) is 5.98. The second-order valence-electron chi connectivity index (χ2n) is 4.48. The maximum Gasteiger partial charge on any atom is 0.193 e. The Morgan fingerprint density at radius 3 is 2.58 bits per heavy atom. The zero-order chi connectivity index (χ0) is 13.4. The molecule has 1 aromatic carbocycles. The number of aliphatic hydroxyl groups excluding tert-OH is 1. The third-order valence-electron chi connectivity index (χ3n) is 3.22. The van der Waals surface area contributed by atoms with Crippen molar-refractivity contribution in [2.75, 3.05) is 0 Å². The van der Waals surface area contributed by atoms with E-state index in [0.717, 1.165) is 11.1 Å². The minimum absolute atomic E-state index is 0.0428. The minimum Gasteiger partial charge on any atom is -0.504 e. The van der Waals surface area contributed by atoms with E-state index in [4.69, 9.17) is 16.2 Å². The van der Waals surface area contributed by atoms with Gasteiger partial charge in [0.05, 0.1) is 0 Å². The third kappa shape index (κ3) is 1.87. The minimum atomic E-state index is -0.0450. The molecule has 19 heavy (non-hydrogen) atoms. The molecular formula is C15H14N2O2. The molecule has 3 rings (SSSR count). The van der Waals surface area contributed by atoms with Gasteiger partial charge in [0.15, 0.2) is 17.4 Å². The Balaban J connectivity index is 2.15. The van der Waals surface area contributed by atoms with E-state index in [2.05, 4.69) is 0 Å². The molecule has 1 aromatic rings. The molecule has 0 fully saturated rings. The fourth-order valence-electron chi connectivity index (χ4n) is 2.37. The van der Waals surface area contributed by atoms with Gasteiger partial charge in [0.1, 0.15) is 0 Å². The van der Waals surface area contributed by atoms with Gasteiger partial charge in [-0.25, -0.2) is 0 Å². The first kappa shape index (κ1) is 11.5. The molecule has 0 saturated heterocycles. The normalized spacial score (nSPS) is 21.9. The van der Waals surface area contributed by atoms with Gasteiger partial charge in [-0.1, -0.05) is 36.4 Å². The first-order valence-electron chi connectivity index (χ1n) is 5.98. The summed E-state index contributed by atoms with van der Waals surface area (Å²) in [5.74, 6) is 0.524. The van der Waals surface area contributed by atoms with Crippen LogP contribution in [0, 0.1) is 0 Å². The lowest BCUT2D eigenvalue weighted by atomic mass is 9.84. The van der Waals surface area contributed by atoms with E-state index in [-0.39, 0.29) is 17.6 Å². The molecule has 1 aliphatic heterocycles. The topological polar surface area (TPSA) is 81.5 Å². The zero-order valence-electron chi connectivity index (χ0n) is 10.2. The molecule has 96 valence electrons. The van der Waals surface area contributed by atoms with Crippen LogP contribution in [0.3, 0.4) is 0 Å². The van der Waals surface area contributed by atoms with Crippen LogP contribution >= 0.6 is 0 Å². The summed E-state index contributed by atoms with van der Waals surface area (Å²) < 4.78 is 5.40. The molecule has 0 aromatic heterocycles. The van der Waals surface area contributed by atoms with E-state index in [1.54, 1.807) is 12.2 Å². The van der Waals surface area contributed by atoms with Crippen LogP contribution in [0.25, 0.3) is 0 Å². The van der Waals surface area contributed by atoms with E-state index in [1.165, 1.54) is 0 Å². The van der Waals surface area contributed by atoms with E-state index < -0.39 is 0 Å². The van der Waals surface area contributed by atoms with Crippen LogP contribution in [0.5, 0.6) is 0 Å². The summed E-state index contributed by atoms with van der Waals surface area (Å²) >= 11 is 0. The first-order chi connectivity index (χ1) is 9.16. The molecule has 0 spiro atoms. The number of fused-ring (bicyclic) bond motifs is 1. The van der Waals surface area contributed by atoms with Gasteiger partial charge in [-0.15, -0.1) is 0 Å². The van der Waals surface area contributed by atoms with Crippen LogP contribution in [0.2, 0.25) is 0 Å². The lowest BCUT2D eigenvalue weighted by Gasteiger charge is -2.28. The van der Waals surface area contributed by atoms with Crippen molar-refractivity contribution < 1.29 is 9.84 Å². The van der Waals surface area contributed by atoms with Gasteiger partial charge < -0.3 is 21.3 Å². The fourth-order valence-corrected chi connectivity index (χ4v) is 2.37. The van der Waals surface area contributed by atoms with Crippen LogP contribution in [-0.2, 0) is 4.74 Å². The van der Waals surface area contributed by atoms with E-state index in [1.807, 2.05) is 36.4 Å². The standard InChI is InChI=1S/C15H14N2O2/c16-11-8-13(17)19-15-12(18)7-6-10(14(11)15)9-4-2-1-3-5-9/h1-8,10,18H,16-17H2. The van der Waals surface area contributed by atoms with Crippen LogP contribution in [0.4, 0.5) is 0 Å². The van der Waals surface area contributed by atoms with Crippen LogP contribution in [-0.4, -0.2) is 5.11 Å². The largest absolute Gasteiger partial charge is 0.504 e. The number of rotatable bonds is 1. The third-order valence-corrected chi connectivity index (χ3v) is 3.22. The van der Waals surface area contributed by atoms with Gasteiger partial charge in [0, 0.05) is 23.3 Å². The van der Waals surface area contributed by atoms with E-state index >= 15 is 0 Å². The Bertz CT molecular complexity index is 639. The molecule has 5 N–H and O–H groups in total. The monoisotopic (exact) mass is 254 g/mol. The highest BCUT2D eigenvalue weighted by Gasteiger charge is 2.30. The molecule has 0 amide bonds. The van der Waals surface area contributed by atoms with E-state index in [9.17, 15) is 5.11 Å². The predicted molar refractivity (Wildman–Crippen MR) is 72.5 cm³/mol. The number of nitrogens with two attached hydrogens (primary N) is 2. The predicted octanol–water partition coefficient (Wildman–Crippen LogP) is 2.15. The summed E-state index contributed by atoms with van der Waals surface area (Å²) in [5, 5.41) is 9.90. The number of allylic oxidation sites excluding steroid dienone is 4. The quantitative estimate of drug-likeness (QED) is 0.717. The Hall–Kier alpha value is -2.62. The maximum atomic E-state index is 9.90. The highest BCUT2D eigenvalue weighted by molar-refractivity contribution is 5.54. The smallest absolute Gasteiger partial charge is 0.193 e. The van der Waals surface area contributed by atoms with E-state index in [0.29, 0.717) is 11.5 Å². The van der Waals surface area contributed by atoms with Crippen molar-refractivity contribution in [3.63, 3.8) is 0 Å². The van der Waals surface area contributed by atoms with Crippen molar-refractivity contribution in [1.82, 2.24) is 0 Å².